The smallest absolute Gasteiger partial charge is 0.388 e. The molecular weight excluding hydrogens is 438 g/mol. The Hall–Kier alpha value is -3.42. The molecule has 1 aromatic heterocycles. The molecule has 176 valence electrons. The second kappa shape index (κ2) is 8.11. The number of carbonyl (C=O) groups excluding carboxylic acids is 1. The maximum atomic E-state index is 13.6. The lowest BCUT2D eigenvalue weighted by molar-refractivity contribution is -0.119. The molecule has 0 saturated carbocycles. The number of carbonyl (C=O) groups is 1. The van der Waals surface area contributed by atoms with Crippen LogP contribution in [0.3, 0.4) is 0 Å². The van der Waals surface area contributed by atoms with Crippen molar-refractivity contribution in [1.82, 2.24) is 10.3 Å². The van der Waals surface area contributed by atoms with Gasteiger partial charge in [-0.3, -0.25) is 4.79 Å². The number of alkyl halides is 2. The summed E-state index contributed by atoms with van der Waals surface area (Å²) in [5, 5.41) is 12.1. The van der Waals surface area contributed by atoms with E-state index >= 15 is 0 Å². The third-order valence-corrected chi connectivity index (χ3v) is 6.94. The second-order valence-electron chi connectivity index (χ2n) is 9.76. The Bertz CT molecular complexity index is 1250. The topological polar surface area (TPSA) is 75.9 Å². The Kier molecular flexibility index (Phi) is 5.34. The van der Waals surface area contributed by atoms with Gasteiger partial charge in [-0.25, -0.2) is 4.98 Å². The van der Waals surface area contributed by atoms with E-state index in [0.717, 1.165) is 34.4 Å². The van der Waals surface area contributed by atoms with Gasteiger partial charge >= 0.3 is 6.61 Å². The molecule has 0 radical (unpaired) electrons. The number of pyridine rings is 1. The highest BCUT2D eigenvalue weighted by Crippen LogP contribution is 2.54. The van der Waals surface area contributed by atoms with E-state index in [2.05, 4.69) is 46.0 Å². The van der Waals surface area contributed by atoms with E-state index in [0.29, 0.717) is 18.4 Å². The standard InChI is InChI=1S/C26H26F2N4O2/c1-4-26(17-7-5-6-15(10-17)16-8-9-29-21(11-16)34-24(27)28)18-14-30-32-23(18)31-19-12-25(2,3)13-20(33)22(19)26/h5-11,14,23-24,31H,4,12-13H2,1-3H3. The number of benzene rings is 1. The van der Waals surface area contributed by atoms with Crippen molar-refractivity contribution in [2.45, 2.75) is 58.2 Å². The summed E-state index contributed by atoms with van der Waals surface area (Å²) in [6.07, 6.45) is 4.79. The molecule has 2 aliphatic heterocycles. The van der Waals surface area contributed by atoms with Crippen LogP contribution in [0.25, 0.3) is 11.1 Å². The number of halogens is 2. The SMILES string of the molecule is CCC1(c2cccc(-c3ccnc(OC(F)F)c3)c2)C2=CN=NC2NC2=C1C(=O)CC(C)(C)C2. The number of ketones is 1. The third-order valence-electron chi connectivity index (χ3n) is 6.94. The number of fused-ring (bicyclic) bond motifs is 1. The molecule has 1 aromatic carbocycles. The lowest BCUT2D eigenvalue weighted by atomic mass is 9.58. The number of rotatable bonds is 5. The van der Waals surface area contributed by atoms with Gasteiger partial charge in [0.05, 0.1) is 11.6 Å². The van der Waals surface area contributed by atoms with Crippen LogP contribution in [0, 0.1) is 5.41 Å². The van der Waals surface area contributed by atoms with Gasteiger partial charge in [0, 0.05) is 35.5 Å². The predicted molar refractivity (Wildman–Crippen MR) is 123 cm³/mol. The summed E-state index contributed by atoms with van der Waals surface area (Å²) in [4.78, 5) is 17.5. The van der Waals surface area contributed by atoms with Crippen LogP contribution < -0.4 is 10.1 Å². The third kappa shape index (κ3) is 3.61. The molecule has 8 heteroatoms. The van der Waals surface area contributed by atoms with E-state index in [4.69, 9.17) is 0 Å². The van der Waals surface area contributed by atoms with Crippen LogP contribution in [-0.4, -0.2) is 23.5 Å². The van der Waals surface area contributed by atoms with E-state index in [1.807, 2.05) is 24.3 Å². The van der Waals surface area contributed by atoms with Gasteiger partial charge in [0.2, 0.25) is 5.88 Å². The lowest BCUT2D eigenvalue weighted by Crippen LogP contribution is -2.51. The molecule has 0 spiro atoms. The second-order valence-corrected chi connectivity index (χ2v) is 9.76. The van der Waals surface area contributed by atoms with Gasteiger partial charge in [0.1, 0.15) is 0 Å². The lowest BCUT2D eigenvalue weighted by Gasteiger charge is -2.47. The molecule has 6 nitrogen and oxygen atoms in total. The summed E-state index contributed by atoms with van der Waals surface area (Å²) in [6, 6.07) is 11.1. The van der Waals surface area contributed by atoms with Crippen molar-refractivity contribution in [3.63, 3.8) is 0 Å². The van der Waals surface area contributed by atoms with Crippen molar-refractivity contribution in [2.24, 2.45) is 15.6 Å². The van der Waals surface area contributed by atoms with Crippen molar-refractivity contribution >= 4 is 5.78 Å². The Balaban J connectivity index is 1.67. The molecule has 34 heavy (non-hydrogen) atoms. The number of nitrogens with one attached hydrogen (secondary N) is 1. The highest BCUT2D eigenvalue weighted by Gasteiger charge is 2.52. The van der Waals surface area contributed by atoms with Crippen LogP contribution in [0.2, 0.25) is 0 Å². The van der Waals surface area contributed by atoms with Crippen LogP contribution >= 0.6 is 0 Å². The number of hydrogen-bond donors (Lipinski definition) is 1. The normalized spacial score (nSPS) is 25.1. The van der Waals surface area contributed by atoms with E-state index in [-0.39, 0.29) is 23.2 Å². The first-order chi connectivity index (χ1) is 16.2. The molecule has 1 N–H and O–H groups in total. The van der Waals surface area contributed by atoms with Gasteiger partial charge in [-0.05, 0) is 47.1 Å². The molecule has 3 aliphatic rings. The summed E-state index contributed by atoms with van der Waals surface area (Å²) in [5.74, 6) is -0.00962. The maximum Gasteiger partial charge on any atom is 0.388 e. The quantitative estimate of drug-likeness (QED) is 0.596. The summed E-state index contributed by atoms with van der Waals surface area (Å²) in [6.45, 7) is 3.34. The van der Waals surface area contributed by atoms with Gasteiger partial charge < -0.3 is 10.1 Å². The van der Waals surface area contributed by atoms with Gasteiger partial charge in [0.25, 0.3) is 0 Å². The average molecular weight is 465 g/mol. The minimum absolute atomic E-state index is 0.133. The predicted octanol–water partition coefficient (Wildman–Crippen LogP) is 5.92. The van der Waals surface area contributed by atoms with Crippen molar-refractivity contribution in [2.75, 3.05) is 0 Å². The van der Waals surface area contributed by atoms with E-state index < -0.39 is 12.0 Å². The largest absolute Gasteiger partial charge is 0.417 e. The monoisotopic (exact) mass is 464 g/mol. The summed E-state index contributed by atoms with van der Waals surface area (Å²) in [5.41, 5.74) is 4.34. The van der Waals surface area contributed by atoms with E-state index in [1.54, 1.807) is 12.3 Å². The Labute approximate surface area is 196 Å². The number of nitrogens with zero attached hydrogens (tertiary/aromatic N) is 3. The molecule has 0 amide bonds. The minimum atomic E-state index is -2.95. The zero-order valence-electron chi connectivity index (χ0n) is 19.3. The molecule has 2 atom stereocenters. The Morgan fingerprint density at radius 3 is 2.74 bits per heavy atom. The summed E-state index contributed by atoms with van der Waals surface area (Å²) >= 11 is 0. The highest BCUT2D eigenvalue weighted by molar-refractivity contribution is 6.01. The van der Waals surface area contributed by atoms with Crippen molar-refractivity contribution in [3.8, 4) is 17.0 Å². The molecule has 2 unspecified atom stereocenters. The van der Waals surface area contributed by atoms with Crippen LogP contribution in [0.15, 0.2) is 75.9 Å². The fraction of sp³-hybridized carbons (Fsp3) is 0.385. The molecule has 0 bridgehead atoms. The molecule has 3 heterocycles. The maximum absolute atomic E-state index is 13.6. The zero-order chi connectivity index (χ0) is 24.1. The van der Waals surface area contributed by atoms with Crippen molar-refractivity contribution in [3.05, 3.63) is 71.2 Å². The van der Waals surface area contributed by atoms with Gasteiger partial charge in [-0.2, -0.15) is 19.0 Å². The summed E-state index contributed by atoms with van der Waals surface area (Å²) in [7, 11) is 0. The van der Waals surface area contributed by atoms with Crippen molar-refractivity contribution < 1.29 is 18.3 Å². The number of ether oxygens (including phenoxy) is 1. The first kappa shape index (κ1) is 22.4. The van der Waals surface area contributed by atoms with Crippen molar-refractivity contribution in [1.29, 1.82) is 0 Å². The number of azo groups is 1. The van der Waals surface area contributed by atoms with Gasteiger partial charge in [0.15, 0.2) is 11.9 Å². The van der Waals surface area contributed by atoms with Gasteiger partial charge in [-0.1, -0.05) is 39.0 Å². The van der Waals surface area contributed by atoms with Gasteiger partial charge in [-0.15, -0.1) is 0 Å². The fourth-order valence-corrected chi connectivity index (χ4v) is 5.60. The van der Waals surface area contributed by atoms with Crippen LogP contribution in [0.1, 0.15) is 45.6 Å². The molecule has 0 fully saturated rings. The first-order valence-electron chi connectivity index (χ1n) is 11.4. The highest BCUT2D eigenvalue weighted by atomic mass is 19.3. The zero-order valence-corrected chi connectivity index (χ0v) is 19.3. The van der Waals surface area contributed by atoms with Crippen LogP contribution in [0.4, 0.5) is 8.78 Å². The van der Waals surface area contributed by atoms with Crippen LogP contribution in [-0.2, 0) is 10.2 Å². The molecule has 1 aliphatic carbocycles. The number of allylic oxidation sites excluding steroid dienone is 2. The molecule has 5 rings (SSSR count). The number of Topliss-reactive ketones (excluding diaryl/α,β-unsaturated/α-hetero) is 1. The summed E-state index contributed by atoms with van der Waals surface area (Å²) < 4.78 is 29.9. The fourth-order valence-electron chi connectivity index (χ4n) is 5.60. The molecular formula is C26H26F2N4O2. The van der Waals surface area contributed by atoms with Crippen LogP contribution in [0.5, 0.6) is 5.88 Å². The molecule has 2 aromatic rings. The number of hydrogen-bond acceptors (Lipinski definition) is 6. The Morgan fingerprint density at radius 1 is 1.18 bits per heavy atom. The first-order valence-corrected chi connectivity index (χ1v) is 11.4. The number of aromatic nitrogens is 1. The minimum Gasteiger partial charge on any atom is -0.417 e. The Morgan fingerprint density at radius 2 is 1.97 bits per heavy atom. The van der Waals surface area contributed by atoms with E-state index in [1.165, 1.54) is 12.3 Å². The average Bonchev–Trinajstić information content (AvgIpc) is 3.25. The molecule has 0 saturated heterocycles. The van der Waals surface area contributed by atoms with E-state index in [9.17, 15) is 13.6 Å².